The van der Waals surface area contributed by atoms with Crippen molar-refractivity contribution in [2.45, 2.75) is 6.42 Å². The number of carbonyl (C=O) groups excluding carboxylic acids is 1. The summed E-state index contributed by atoms with van der Waals surface area (Å²) in [5.74, 6) is 0.125. The van der Waals surface area contributed by atoms with Crippen molar-refractivity contribution in [3.63, 3.8) is 0 Å². The van der Waals surface area contributed by atoms with Crippen molar-refractivity contribution in [3.05, 3.63) is 40.5 Å². The molecule has 0 atom stereocenters. The van der Waals surface area contributed by atoms with Crippen molar-refractivity contribution < 1.29 is 9.53 Å². The maximum atomic E-state index is 12.2. The van der Waals surface area contributed by atoms with Gasteiger partial charge in [0.05, 0.1) is 7.11 Å². The molecule has 3 rings (SSSR count). The molecule has 0 unspecified atom stereocenters. The van der Waals surface area contributed by atoms with Crippen LogP contribution in [0.15, 0.2) is 24.3 Å². The molecule has 2 heterocycles. The molecule has 108 valence electrons. The Hall–Kier alpha value is -2.34. The lowest BCUT2D eigenvalue weighted by Crippen LogP contribution is -2.14. The second-order valence-corrected chi connectivity index (χ2v) is 4.95. The third-order valence-corrected chi connectivity index (χ3v) is 3.38. The predicted octanol–water partition coefficient (Wildman–Crippen LogP) is 2.36. The van der Waals surface area contributed by atoms with Crippen molar-refractivity contribution in [2.24, 2.45) is 0 Å². The van der Waals surface area contributed by atoms with E-state index < -0.39 is 0 Å². The van der Waals surface area contributed by atoms with E-state index in [0.29, 0.717) is 11.4 Å². The maximum absolute atomic E-state index is 12.2. The Morgan fingerprint density at radius 3 is 3.05 bits per heavy atom. The second-order valence-electron chi connectivity index (χ2n) is 4.56. The van der Waals surface area contributed by atoms with Gasteiger partial charge in [-0.1, -0.05) is 11.6 Å². The third-order valence-electron chi connectivity index (χ3n) is 3.18. The number of hydrogen-bond acceptors (Lipinski definition) is 5. The van der Waals surface area contributed by atoms with Gasteiger partial charge in [0.25, 0.3) is 5.91 Å². The van der Waals surface area contributed by atoms with Gasteiger partial charge in [-0.15, -0.1) is 0 Å². The molecule has 1 aliphatic heterocycles. The number of methoxy groups -OCH3 is 1. The number of hydrogen-bond donors (Lipinski definition) is 2. The molecule has 0 bridgehead atoms. The van der Waals surface area contributed by atoms with E-state index in [1.54, 1.807) is 6.07 Å². The molecule has 0 spiro atoms. The number of aromatic nitrogens is 2. The number of anilines is 2. The number of nitrogens with one attached hydrogen (secondary N) is 2. The molecule has 0 fully saturated rings. The van der Waals surface area contributed by atoms with Crippen LogP contribution in [0.1, 0.15) is 15.9 Å². The maximum Gasteiger partial charge on any atom is 0.258 e. The number of rotatable bonds is 3. The highest BCUT2D eigenvalue weighted by Gasteiger charge is 2.15. The van der Waals surface area contributed by atoms with Crippen LogP contribution < -0.4 is 15.4 Å². The van der Waals surface area contributed by atoms with Gasteiger partial charge in [0, 0.05) is 23.9 Å². The van der Waals surface area contributed by atoms with Gasteiger partial charge in [0.2, 0.25) is 11.8 Å². The smallest absolute Gasteiger partial charge is 0.258 e. The number of carbonyl (C=O) groups is 1. The first kappa shape index (κ1) is 13.6. The minimum absolute atomic E-state index is 0.114. The molecule has 0 saturated heterocycles. The average molecular weight is 305 g/mol. The molecule has 7 heteroatoms. The molecule has 0 radical (unpaired) electrons. The Labute approximate surface area is 126 Å². The van der Waals surface area contributed by atoms with Crippen LogP contribution in [0, 0.1) is 0 Å². The van der Waals surface area contributed by atoms with Crippen LogP contribution in [0.5, 0.6) is 5.88 Å². The molecule has 1 aliphatic rings. The molecule has 0 saturated carbocycles. The van der Waals surface area contributed by atoms with E-state index in [-0.39, 0.29) is 17.0 Å². The van der Waals surface area contributed by atoms with E-state index in [0.717, 1.165) is 24.2 Å². The average Bonchev–Trinajstić information content (AvgIpc) is 2.93. The van der Waals surface area contributed by atoms with Crippen LogP contribution in [0.2, 0.25) is 5.15 Å². The normalized spacial score (nSPS) is 12.5. The summed E-state index contributed by atoms with van der Waals surface area (Å²) in [6, 6.07) is 7.00. The minimum atomic E-state index is -0.283. The van der Waals surface area contributed by atoms with Gasteiger partial charge in [-0.2, -0.15) is 4.98 Å². The Bertz CT molecular complexity index is 705. The van der Waals surface area contributed by atoms with Crippen molar-refractivity contribution in [1.82, 2.24) is 9.97 Å². The number of fused-ring (bicyclic) bond motifs is 1. The SMILES string of the molecule is COc1cc(Cl)nc(NC(=O)c2ccc3c(c2)CCN3)n1. The molecule has 6 nitrogen and oxygen atoms in total. The lowest BCUT2D eigenvalue weighted by atomic mass is 10.1. The summed E-state index contributed by atoms with van der Waals surface area (Å²) in [5, 5.41) is 6.07. The van der Waals surface area contributed by atoms with Gasteiger partial charge in [0.1, 0.15) is 5.15 Å². The van der Waals surface area contributed by atoms with Crippen LogP contribution in [0.3, 0.4) is 0 Å². The molecule has 1 amide bonds. The standard InChI is InChI=1S/C14H13ClN4O2/c1-21-12-7-11(15)17-14(18-12)19-13(20)9-2-3-10-8(6-9)4-5-16-10/h2-3,6-7,16H,4-5H2,1H3,(H,17,18,19,20). The molecule has 21 heavy (non-hydrogen) atoms. The fourth-order valence-electron chi connectivity index (χ4n) is 2.18. The number of benzene rings is 1. The van der Waals surface area contributed by atoms with E-state index in [4.69, 9.17) is 16.3 Å². The zero-order chi connectivity index (χ0) is 14.8. The lowest BCUT2D eigenvalue weighted by molar-refractivity contribution is 0.102. The monoisotopic (exact) mass is 304 g/mol. The summed E-state index contributed by atoms with van der Waals surface area (Å²) in [7, 11) is 1.47. The van der Waals surface area contributed by atoms with E-state index in [2.05, 4.69) is 20.6 Å². The van der Waals surface area contributed by atoms with Gasteiger partial charge in [-0.25, -0.2) is 4.98 Å². The number of halogens is 1. The van der Waals surface area contributed by atoms with E-state index >= 15 is 0 Å². The largest absolute Gasteiger partial charge is 0.481 e. The van der Waals surface area contributed by atoms with Gasteiger partial charge >= 0.3 is 0 Å². The minimum Gasteiger partial charge on any atom is -0.481 e. The highest BCUT2D eigenvalue weighted by Crippen LogP contribution is 2.23. The molecule has 2 aromatic rings. The summed E-state index contributed by atoms with van der Waals surface area (Å²) in [5.41, 5.74) is 2.76. The fraction of sp³-hybridized carbons (Fsp3) is 0.214. The summed E-state index contributed by atoms with van der Waals surface area (Å²) in [6.45, 7) is 0.898. The van der Waals surface area contributed by atoms with E-state index in [9.17, 15) is 4.79 Å². The van der Waals surface area contributed by atoms with E-state index in [1.165, 1.54) is 13.2 Å². The predicted molar refractivity (Wildman–Crippen MR) is 80.2 cm³/mol. The van der Waals surface area contributed by atoms with Crippen LogP contribution in [-0.4, -0.2) is 29.5 Å². The van der Waals surface area contributed by atoms with Gasteiger partial charge in [-0.3, -0.25) is 10.1 Å². The number of amides is 1. The third kappa shape index (κ3) is 2.90. The Morgan fingerprint density at radius 1 is 1.38 bits per heavy atom. The van der Waals surface area contributed by atoms with Crippen molar-refractivity contribution >= 4 is 29.1 Å². The Morgan fingerprint density at radius 2 is 2.24 bits per heavy atom. The zero-order valence-corrected chi connectivity index (χ0v) is 12.1. The molecular weight excluding hydrogens is 292 g/mol. The number of ether oxygens (including phenoxy) is 1. The van der Waals surface area contributed by atoms with Crippen molar-refractivity contribution in [2.75, 3.05) is 24.3 Å². The van der Waals surface area contributed by atoms with E-state index in [1.807, 2.05) is 12.1 Å². The Balaban J connectivity index is 1.81. The quantitative estimate of drug-likeness (QED) is 0.851. The summed E-state index contributed by atoms with van der Waals surface area (Å²) in [6.07, 6.45) is 0.915. The summed E-state index contributed by atoms with van der Waals surface area (Å²) >= 11 is 5.84. The molecule has 1 aromatic heterocycles. The molecule has 1 aromatic carbocycles. The number of nitrogens with zero attached hydrogens (tertiary/aromatic N) is 2. The first-order valence-corrected chi connectivity index (χ1v) is 6.80. The van der Waals surface area contributed by atoms with Gasteiger partial charge in [0.15, 0.2) is 0 Å². The first-order chi connectivity index (χ1) is 10.2. The van der Waals surface area contributed by atoms with Crippen LogP contribution in [0.25, 0.3) is 0 Å². The van der Waals surface area contributed by atoms with Crippen LogP contribution >= 0.6 is 11.6 Å². The highest BCUT2D eigenvalue weighted by atomic mass is 35.5. The highest BCUT2D eigenvalue weighted by molar-refractivity contribution is 6.29. The van der Waals surface area contributed by atoms with Crippen LogP contribution in [0.4, 0.5) is 11.6 Å². The van der Waals surface area contributed by atoms with Gasteiger partial charge < -0.3 is 10.1 Å². The first-order valence-electron chi connectivity index (χ1n) is 6.42. The van der Waals surface area contributed by atoms with Crippen LogP contribution in [-0.2, 0) is 6.42 Å². The van der Waals surface area contributed by atoms with Gasteiger partial charge in [-0.05, 0) is 30.2 Å². The Kier molecular flexibility index (Phi) is 3.62. The molecular formula is C14H13ClN4O2. The summed E-state index contributed by atoms with van der Waals surface area (Å²) in [4.78, 5) is 20.2. The topological polar surface area (TPSA) is 76.1 Å². The summed E-state index contributed by atoms with van der Waals surface area (Å²) < 4.78 is 4.99. The van der Waals surface area contributed by atoms with Crippen molar-refractivity contribution in [3.8, 4) is 5.88 Å². The lowest BCUT2D eigenvalue weighted by Gasteiger charge is -2.07. The molecule has 2 N–H and O–H groups in total. The molecule has 0 aliphatic carbocycles. The zero-order valence-electron chi connectivity index (χ0n) is 11.3. The van der Waals surface area contributed by atoms with Crippen molar-refractivity contribution in [1.29, 1.82) is 0 Å². The second kappa shape index (κ2) is 5.57. The fourth-order valence-corrected chi connectivity index (χ4v) is 2.35.